The molecule has 2 heterocycles. The van der Waals surface area contributed by atoms with E-state index in [1.165, 1.54) is 0 Å². The zero-order valence-corrected chi connectivity index (χ0v) is 13.3. The fourth-order valence-electron chi connectivity index (χ4n) is 3.62. The fourth-order valence-corrected chi connectivity index (χ4v) is 5.31. The van der Waals surface area contributed by atoms with Crippen LogP contribution in [0.1, 0.15) is 39.5 Å². The van der Waals surface area contributed by atoms with Crippen molar-refractivity contribution in [2.24, 2.45) is 5.92 Å². The first-order valence-corrected chi connectivity index (χ1v) is 9.42. The van der Waals surface area contributed by atoms with Gasteiger partial charge in [0.05, 0.1) is 11.5 Å². The lowest BCUT2D eigenvalue weighted by Crippen LogP contribution is -2.72. The second-order valence-corrected chi connectivity index (χ2v) is 8.99. The minimum atomic E-state index is -3.11. The van der Waals surface area contributed by atoms with E-state index in [1.54, 1.807) is 18.7 Å². The second kappa shape index (κ2) is 4.69. The number of carbonyl (C=O) groups excluding carboxylic acids is 2. The van der Waals surface area contributed by atoms with Gasteiger partial charge in [0.2, 0.25) is 11.8 Å². The Morgan fingerprint density at radius 3 is 2.48 bits per heavy atom. The number of hydrogen-bond donors (Lipinski definition) is 1. The van der Waals surface area contributed by atoms with E-state index in [2.05, 4.69) is 5.32 Å². The highest BCUT2D eigenvalue weighted by Crippen LogP contribution is 2.43. The smallest absolute Gasteiger partial charge is 0.249 e. The van der Waals surface area contributed by atoms with Crippen LogP contribution >= 0.6 is 0 Å². The van der Waals surface area contributed by atoms with Crippen molar-refractivity contribution in [2.75, 3.05) is 11.5 Å². The molecule has 3 aliphatic rings. The van der Waals surface area contributed by atoms with Crippen molar-refractivity contribution in [1.29, 1.82) is 0 Å². The molecular formula is C14H22N2O4S. The molecule has 0 spiro atoms. The van der Waals surface area contributed by atoms with E-state index in [0.29, 0.717) is 12.8 Å². The van der Waals surface area contributed by atoms with Gasteiger partial charge in [0.1, 0.15) is 11.6 Å². The highest BCUT2D eigenvalue weighted by atomic mass is 32.2. The van der Waals surface area contributed by atoms with Gasteiger partial charge in [-0.2, -0.15) is 0 Å². The second-order valence-electron chi connectivity index (χ2n) is 6.76. The molecule has 3 rings (SSSR count). The SMILES string of the molecule is CC1C(=O)NC(C)(C2CC2)C(=O)N1C1CCCS(=O)(=O)C1. The molecule has 2 saturated heterocycles. The van der Waals surface area contributed by atoms with E-state index in [-0.39, 0.29) is 35.3 Å². The lowest BCUT2D eigenvalue weighted by Gasteiger charge is -2.47. The lowest BCUT2D eigenvalue weighted by molar-refractivity contribution is -0.157. The van der Waals surface area contributed by atoms with Crippen LogP contribution in [0.4, 0.5) is 0 Å². The Morgan fingerprint density at radius 2 is 1.90 bits per heavy atom. The summed E-state index contributed by atoms with van der Waals surface area (Å²) in [7, 11) is -3.11. The minimum absolute atomic E-state index is 0.0168. The van der Waals surface area contributed by atoms with Crippen LogP contribution in [0.15, 0.2) is 0 Å². The Balaban J connectivity index is 1.91. The fraction of sp³-hybridized carbons (Fsp3) is 0.857. The van der Waals surface area contributed by atoms with Crippen LogP contribution in [0.3, 0.4) is 0 Å². The van der Waals surface area contributed by atoms with E-state index < -0.39 is 21.4 Å². The molecule has 0 aromatic carbocycles. The molecule has 3 unspecified atom stereocenters. The number of hydrogen-bond acceptors (Lipinski definition) is 4. The normalized spacial score (nSPS) is 40.0. The predicted molar refractivity (Wildman–Crippen MR) is 77.3 cm³/mol. The summed E-state index contributed by atoms with van der Waals surface area (Å²) < 4.78 is 23.7. The van der Waals surface area contributed by atoms with Gasteiger partial charge in [0, 0.05) is 6.04 Å². The molecular weight excluding hydrogens is 292 g/mol. The van der Waals surface area contributed by atoms with Crippen molar-refractivity contribution < 1.29 is 18.0 Å². The summed E-state index contributed by atoms with van der Waals surface area (Å²) >= 11 is 0. The van der Waals surface area contributed by atoms with Crippen LogP contribution in [-0.4, -0.2) is 54.3 Å². The van der Waals surface area contributed by atoms with Crippen LogP contribution in [0.25, 0.3) is 0 Å². The molecule has 1 N–H and O–H groups in total. The topological polar surface area (TPSA) is 83.6 Å². The molecule has 0 radical (unpaired) electrons. The highest BCUT2D eigenvalue weighted by molar-refractivity contribution is 7.91. The minimum Gasteiger partial charge on any atom is -0.340 e. The Morgan fingerprint density at radius 1 is 1.24 bits per heavy atom. The maximum Gasteiger partial charge on any atom is 0.249 e. The van der Waals surface area contributed by atoms with Gasteiger partial charge < -0.3 is 10.2 Å². The summed E-state index contributed by atoms with van der Waals surface area (Å²) in [4.78, 5) is 26.7. The van der Waals surface area contributed by atoms with E-state index in [9.17, 15) is 18.0 Å². The molecule has 118 valence electrons. The first kappa shape index (κ1) is 14.8. The number of sulfone groups is 1. The third kappa shape index (κ3) is 2.45. The molecule has 0 bridgehead atoms. The summed E-state index contributed by atoms with van der Waals surface area (Å²) in [5.41, 5.74) is -0.856. The van der Waals surface area contributed by atoms with Crippen LogP contribution < -0.4 is 5.32 Å². The number of amides is 2. The molecule has 2 aliphatic heterocycles. The van der Waals surface area contributed by atoms with E-state index in [1.807, 2.05) is 0 Å². The monoisotopic (exact) mass is 314 g/mol. The van der Waals surface area contributed by atoms with Crippen molar-refractivity contribution in [3.63, 3.8) is 0 Å². The third-order valence-electron chi connectivity index (χ3n) is 5.08. The van der Waals surface area contributed by atoms with Crippen LogP contribution in [0.2, 0.25) is 0 Å². The van der Waals surface area contributed by atoms with E-state index in [4.69, 9.17) is 0 Å². The van der Waals surface area contributed by atoms with Crippen LogP contribution in [-0.2, 0) is 19.4 Å². The quantitative estimate of drug-likeness (QED) is 0.782. The number of piperazine rings is 1. The zero-order chi connectivity index (χ0) is 15.4. The van der Waals surface area contributed by atoms with Crippen molar-refractivity contribution in [1.82, 2.24) is 10.2 Å². The van der Waals surface area contributed by atoms with Crippen LogP contribution in [0.5, 0.6) is 0 Å². The van der Waals surface area contributed by atoms with Crippen molar-refractivity contribution in [3.8, 4) is 0 Å². The molecule has 1 saturated carbocycles. The maximum atomic E-state index is 12.9. The van der Waals surface area contributed by atoms with Gasteiger partial charge in [0.25, 0.3) is 0 Å². The van der Waals surface area contributed by atoms with Crippen molar-refractivity contribution in [2.45, 2.75) is 57.2 Å². The van der Waals surface area contributed by atoms with Gasteiger partial charge in [-0.05, 0) is 45.4 Å². The van der Waals surface area contributed by atoms with E-state index >= 15 is 0 Å². The van der Waals surface area contributed by atoms with Gasteiger partial charge in [0.15, 0.2) is 9.84 Å². The summed E-state index contributed by atoms with van der Waals surface area (Å²) in [5.74, 6) is 0.0682. The molecule has 3 fully saturated rings. The molecule has 2 amide bonds. The standard InChI is InChI=1S/C14H22N2O4S/c1-9-12(17)15-14(2,10-5-6-10)13(18)16(9)11-4-3-7-21(19,20)8-11/h9-11H,3-8H2,1-2H3,(H,15,17). The zero-order valence-electron chi connectivity index (χ0n) is 12.5. The Kier molecular flexibility index (Phi) is 3.31. The molecule has 7 heteroatoms. The summed E-state index contributed by atoms with van der Waals surface area (Å²) in [6.45, 7) is 3.46. The molecule has 3 atom stereocenters. The van der Waals surface area contributed by atoms with Gasteiger partial charge >= 0.3 is 0 Å². The number of rotatable bonds is 2. The van der Waals surface area contributed by atoms with Crippen molar-refractivity contribution >= 4 is 21.7 Å². The molecule has 0 aromatic rings. The Bertz CT molecular complexity index is 584. The van der Waals surface area contributed by atoms with Gasteiger partial charge in [-0.15, -0.1) is 0 Å². The number of nitrogens with one attached hydrogen (secondary N) is 1. The van der Waals surface area contributed by atoms with E-state index in [0.717, 1.165) is 12.8 Å². The largest absolute Gasteiger partial charge is 0.340 e. The average Bonchev–Trinajstić information content (AvgIpc) is 3.20. The average molecular weight is 314 g/mol. The molecule has 21 heavy (non-hydrogen) atoms. The first-order chi connectivity index (χ1) is 9.74. The number of nitrogens with zero attached hydrogens (tertiary/aromatic N) is 1. The Labute approximate surface area is 125 Å². The third-order valence-corrected chi connectivity index (χ3v) is 6.89. The highest BCUT2D eigenvalue weighted by Gasteiger charge is 2.56. The molecule has 6 nitrogen and oxygen atoms in total. The van der Waals surface area contributed by atoms with Gasteiger partial charge in [-0.3, -0.25) is 9.59 Å². The lowest BCUT2D eigenvalue weighted by atomic mass is 9.88. The maximum absolute atomic E-state index is 12.9. The number of carbonyl (C=O) groups is 2. The van der Waals surface area contributed by atoms with Gasteiger partial charge in [-0.25, -0.2) is 8.42 Å². The molecule has 0 aromatic heterocycles. The predicted octanol–water partition coefficient (Wildman–Crippen LogP) is 0.0792. The van der Waals surface area contributed by atoms with Crippen molar-refractivity contribution in [3.05, 3.63) is 0 Å². The Hall–Kier alpha value is -1.11. The summed E-state index contributed by atoms with van der Waals surface area (Å²) in [6, 6.07) is -0.960. The molecule has 1 aliphatic carbocycles. The summed E-state index contributed by atoms with van der Waals surface area (Å²) in [5, 5.41) is 2.86. The van der Waals surface area contributed by atoms with Gasteiger partial charge in [-0.1, -0.05) is 0 Å². The van der Waals surface area contributed by atoms with Crippen LogP contribution in [0, 0.1) is 5.92 Å². The summed E-state index contributed by atoms with van der Waals surface area (Å²) in [6.07, 6.45) is 3.09. The first-order valence-electron chi connectivity index (χ1n) is 7.60.